The van der Waals surface area contributed by atoms with Crippen LogP contribution in [-0.4, -0.2) is 50.1 Å². The maximum absolute atomic E-state index is 13.2. The number of carbonyl (C=O) groups is 1. The minimum absolute atomic E-state index is 0.101. The average molecular weight is 403 g/mol. The lowest BCUT2D eigenvalue weighted by Gasteiger charge is -2.23. The molecule has 0 aromatic heterocycles. The summed E-state index contributed by atoms with van der Waals surface area (Å²) < 4.78 is 29.8. The van der Waals surface area contributed by atoms with Crippen LogP contribution in [0.5, 0.6) is 5.75 Å². The first-order valence-corrected chi connectivity index (χ1v) is 10.3. The molecule has 2 aromatic carbocycles. The number of rotatable bonds is 4. The van der Waals surface area contributed by atoms with Crippen LogP contribution in [0.1, 0.15) is 0 Å². The van der Waals surface area contributed by atoms with Crippen molar-refractivity contribution < 1.29 is 22.9 Å². The zero-order valence-electron chi connectivity index (χ0n) is 14.9. The molecule has 0 bridgehead atoms. The van der Waals surface area contributed by atoms with Gasteiger partial charge in [0.05, 0.1) is 35.6 Å². The molecule has 0 radical (unpaired) electrons. The van der Waals surface area contributed by atoms with Crippen LogP contribution in [0.3, 0.4) is 0 Å². The third-order valence-corrected chi connectivity index (χ3v) is 6.74. The van der Waals surface area contributed by atoms with E-state index in [0.717, 1.165) is 0 Å². The van der Waals surface area contributed by atoms with E-state index >= 15 is 0 Å². The number of anilines is 2. The van der Waals surface area contributed by atoms with Gasteiger partial charge in [0.1, 0.15) is 5.75 Å². The highest BCUT2D eigenvalue weighted by atomic mass is 32.2. The molecular formula is C18H17N3O6S. The molecule has 2 amide bonds. The van der Waals surface area contributed by atoms with Crippen molar-refractivity contribution in [3.05, 3.63) is 58.6 Å². The van der Waals surface area contributed by atoms with Gasteiger partial charge in [-0.25, -0.2) is 13.2 Å². The van der Waals surface area contributed by atoms with E-state index < -0.39 is 26.8 Å². The van der Waals surface area contributed by atoms with Crippen molar-refractivity contribution >= 4 is 32.9 Å². The number of nitro groups is 1. The molecule has 10 heteroatoms. The highest BCUT2D eigenvalue weighted by molar-refractivity contribution is 7.91. The van der Waals surface area contributed by atoms with Crippen LogP contribution in [0.4, 0.5) is 21.9 Å². The van der Waals surface area contributed by atoms with Gasteiger partial charge in [0, 0.05) is 29.6 Å². The van der Waals surface area contributed by atoms with Gasteiger partial charge in [0.2, 0.25) is 0 Å². The normalized spacial score (nSPS) is 23.0. The summed E-state index contributed by atoms with van der Waals surface area (Å²) in [5, 5.41) is 10.9. The SMILES string of the molecule is COc1cccc(N2C(=O)N(c3ccc([N+](=O)[O-])cc3)[C@H]3CS(=O)(=O)C[C@@H]32)c1. The lowest BCUT2D eigenvalue weighted by Crippen LogP contribution is -2.37. The second-order valence-corrected chi connectivity index (χ2v) is 8.86. The number of urea groups is 1. The summed E-state index contributed by atoms with van der Waals surface area (Å²) in [5.74, 6) is 0.266. The Morgan fingerprint density at radius 1 is 1.04 bits per heavy atom. The Morgan fingerprint density at radius 3 is 2.21 bits per heavy atom. The van der Waals surface area contributed by atoms with Crippen LogP contribution in [0.25, 0.3) is 0 Å². The fourth-order valence-electron chi connectivity index (χ4n) is 3.80. The lowest BCUT2D eigenvalue weighted by atomic mass is 10.1. The lowest BCUT2D eigenvalue weighted by molar-refractivity contribution is -0.384. The zero-order valence-corrected chi connectivity index (χ0v) is 15.7. The standard InChI is InChI=1S/C18H17N3O6S/c1-27-15-4-2-3-14(9-15)20-17-11-28(25,26)10-16(17)19(18(20)22)12-5-7-13(8-6-12)21(23)24/h2-9,16-17H,10-11H2,1H3/t16-,17-/m0/s1. The van der Waals surface area contributed by atoms with E-state index in [1.807, 2.05) is 0 Å². The van der Waals surface area contributed by atoms with E-state index in [9.17, 15) is 23.3 Å². The Labute approximate surface area is 161 Å². The molecule has 2 heterocycles. The highest BCUT2D eigenvalue weighted by Gasteiger charge is 2.54. The summed E-state index contributed by atoms with van der Waals surface area (Å²) in [6.07, 6.45) is 0. The van der Waals surface area contributed by atoms with Crippen LogP contribution >= 0.6 is 0 Å². The van der Waals surface area contributed by atoms with Crippen molar-refractivity contribution in [3.63, 3.8) is 0 Å². The van der Waals surface area contributed by atoms with Gasteiger partial charge in [0.15, 0.2) is 9.84 Å². The molecule has 0 aliphatic carbocycles. The number of ether oxygens (including phenoxy) is 1. The number of sulfone groups is 1. The fourth-order valence-corrected chi connectivity index (χ4v) is 5.72. The zero-order chi connectivity index (χ0) is 20.1. The quantitative estimate of drug-likeness (QED) is 0.440. The molecule has 2 aliphatic heterocycles. The minimum atomic E-state index is -3.32. The third kappa shape index (κ3) is 2.95. The monoisotopic (exact) mass is 403 g/mol. The van der Waals surface area contributed by atoms with E-state index in [1.54, 1.807) is 24.3 Å². The Balaban J connectivity index is 1.77. The molecule has 9 nitrogen and oxygen atoms in total. The average Bonchev–Trinajstić information content (AvgIpc) is 3.10. The predicted octanol–water partition coefficient (Wildman–Crippen LogP) is 2.22. The number of hydrogen-bond acceptors (Lipinski definition) is 6. The van der Waals surface area contributed by atoms with Gasteiger partial charge in [-0.15, -0.1) is 0 Å². The summed E-state index contributed by atoms with van der Waals surface area (Å²) in [4.78, 5) is 26.5. The molecule has 146 valence electrons. The van der Waals surface area contributed by atoms with Gasteiger partial charge >= 0.3 is 6.03 Å². The Kier molecular flexibility index (Phi) is 4.22. The van der Waals surface area contributed by atoms with E-state index in [-0.39, 0.29) is 23.2 Å². The van der Waals surface area contributed by atoms with Crippen molar-refractivity contribution in [2.75, 3.05) is 28.4 Å². The second kappa shape index (κ2) is 6.48. The van der Waals surface area contributed by atoms with Crippen molar-refractivity contribution in [2.24, 2.45) is 0 Å². The van der Waals surface area contributed by atoms with Crippen LogP contribution in [0, 0.1) is 10.1 Å². The molecule has 0 unspecified atom stereocenters. The first kappa shape index (κ1) is 18.2. The van der Waals surface area contributed by atoms with Crippen LogP contribution in [0.2, 0.25) is 0 Å². The van der Waals surface area contributed by atoms with E-state index in [1.165, 1.54) is 41.2 Å². The van der Waals surface area contributed by atoms with Crippen LogP contribution < -0.4 is 14.5 Å². The number of methoxy groups -OCH3 is 1. The molecule has 0 N–H and O–H groups in total. The molecule has 28 heavy (non-hydrogen) atoms. The maximum Gasteiger partial charge on any atom is 0.329 e. The first-order chi connectivity index (χ1) is 13.3. The van der Waals surface area contributed by atoms with E-state index in [4.69, 9.17) is 4.74 Å². The molecule has 2 aliphatic rings. The maximum atomic E-state index is 13.2. The Bertz CT molecular complexity index is 1050. The van der Waals surface area contributed by atoms with Gasteiger partial charge in [-0.1, -0.05) is 6.07 Å². The minimum Gasteiger partial charge on any atom is -0.497 e. The third-order valence-electron chi connectivity index (χ3n) is 5.04. The number of hydrogen-bond donors (Lipinski definition) is 0. The number of nitrogens with zero attached hydrogens (tertiary/aromatic N) is 3. The van der Waals surface area contributed by atoms with Crippen LogP contribution in [0.15, 0.2) is 48.5 Å². The van der Waals surface area contributed by atoms with E-state index in [2.05, 4.69) is 0 Å². The number of amides is 2. The van der Waals surface area contributed by atoms with Gasteiger partial charge in [0.25, 0.3) is 5.69 Å². The second-order valence-electron chi connectivity index (χ2n) is 6.71. The highest BCUT2D eigenvalue weighted by Crippen LogP contribution is 2.39. The number of fused-ring (bicyclic) bond motifs is 1. The number of non-ortho nitro benzene ring substituents is 1. The molecular weight excluding hydrogens is 386 g/mol. The molecule has 4 rings (SSSR count). The van der Waals surface area contributed by atoms with Crippen molar-refractivity contribution in [2.45, 2.75) is 12.1 Å². The summed E-state index contributed by atoms with van der Waals surface area (Å²) in [7, 11) is -1.81. The predicted molar refractivity (Wildman–Crippen MR) is 103 cm³/mol. The van der Waals surface area contributed by atoms with Crippen molar-refractivity contribution in [1.29, 1.82) is 0 Å². The summed E-state index contributed by atoms with van der Waals surface area (Å²) in [5.41, 5.74) is 0.865. The molecule has 2 fully saturated rings. The topological polar surface area (TPSA) is 110 Å². The summed E-state index contributed by atoms with van der Waals surface area (Å²) in [6, 6.07) is 10.9. The van der Waals surface area contributed by atoms with E-state index in [0.29, 0.717) is 17.1 Å². The van der Waals surface area contributed by atoms with Crippen LogP contribution in [-0.2, 0) is 9.84 Å². The fraction of sp³-hybridized carbons (Fsp3) is 0.278. The number of benzene rings is 2. The summed E-state index contributed by atoms with van der Waals surface area (Å²) in [6.45, 7) is 0. The smallest absolute Gasteiger partial charge is 0.329 e. The molecule has 2 aromatic rings. The Hall–Kier alpha value is -3.14. The molecule has 0 saturated carbocycles. The first-order valence-electron chi connectivity index (χ1n) is 8.52. The number of nitro benzene ring substituents is 1. The number of carbonyl (C=O) groups excluding carboxylic acids is 1. The Morgan fingerprint density at radius 2 is 1.64 bits per heavy atom. The van der Waals surface area contributed by atoms with Gasteiger partial charge in [-0.05, 0) is 24.3 Å². The van der Waals surface area contributed by atoms with Crippen molar-refractivity contribution in [1.82, 2.24) is 0 Å². The van der Waals surface area contributed by atoms with Gasteiger partial charge in [-0.2, -0.15) is 0 Å². The van der Waals surface area contributed by atoms with Gasteiger partial charge in [-0.3, -0.25) is 19.9 Å². The van der Waals surface area contributed by atoms with Crippen molar-refractivity contribution in [3.8, 4) is 5.75 Å². The van der Waals surface area contributed by atoms with Gasteiger partial charge < -0.3 is 4.74 Å². The summed E-state index contributed by atoms with van der Waals surface area (Å²) >= 11 is 0. The molecule has 0 spiro atoms. The molecule has 2 saturated heterocycles. The largest absolute Gasteiger partial charge is 0.497 e. The molecule has 2 atom stereocenters.